The number of amides is 1. The summed E-state index contributed by atoms with van der Waals surface area (Å²) in [6, 6.07) is 16.1. The molecule has 0 saturated heterocycles. The molecule has 0 spiro atoms. The van der Waals surface area contributed by atoms with Crippen LogP contribution < -0.4 is 15.4 Å². The molecule has 2 aromatic carbocycles. The molecule has 0 fully saturated rings. The molecule has 3 rings (SSSR count). The molecule has 8 heteroatoms. The highest BCUT2D eigenvalue weighted by molar-refractivity contribution is 7.85. The fraction of sp³-hybridized carbons (Fsp3) is 0.409. The first-order chi connectivity index (χ1) is 14.3. The van der Waals surface area contributed by atoms with E-state index in [1.165, 1.54) is 5.56 Å². The van der Waals surface area contributed by atoms with E-state index < -0.39 is 10.1 Å². The van der Waals surface area contributed by atoms with E-state index in [1.807, 2.05) is 36.4 Å². The van der Waals surface area contributed by atoms with E-state index in [9.17, 15) is 13.2 Å². The lowest BCUT2D eigenvalue weighted by Gasteiger charge is -2.29. The summed E-state index contributed by atoms with van der Waals surface area (Å²) < 4.78 is 36.2. The van der Waals surface area contributed by atoms with Crippen molar-refractivity contribution < 1.29 is 22.5 Å². The minimum absolute atomic E-state index is 0.0346. The molecular weight excluding hydrogens is 404 g/mol. The third-order valence-electron chi connectivity index (χ3n) is 5.42. The van der Waals surface area contributed by atoms with E-state index in [4.69, 9.17) is 15.0 Å². The molecule has 30 heavy (non-hydrogen) atoms. The number of hydrogen-bond acceptors (Lipinski definition) is 5. The van der Waals surface area contributed by atoms with Crippen LogP contribution in [0.5, 0.6) is 5.75 Å². The average Bonchev–Trinajstić information content (AvgIpc) is 2.97. The monoisotopic (exact) mass is 432 g/mol. The van der Waals surface area contributed by atoms with Gasteiger partial charge in [0.25, 0.3) is 10.1 Å². The second-order valence-electron chi connectivity index (χ2n) is 7.57. The predicted octanol–water partition coefficient (Wildman–Crippen LogP) is 3.10. The SMILES string of the molecule is CCC1C(CC(N)=O)c2cc(OCCCS(=O)(=O)O)ccc2N1Cc1ccccc1. The number of fused-ring (bicyclic) bond motifs is 1. The van der Waals surface area contributed by atoms with Gasteiger partial charge >= 0.3 is 0 Å². The zero-order chi connectivity index (χ0) is 21.7. The molecule has 2 aromatic rings. The molecule has 1 aliphatic heterocycles. The van der Waals surface area contributed by atoms with E-state index in [0.717, 1.165) is 24.2 Å². The Kier molecular flexibility index (Phi) is 6.99. The minimum atomic E-state index is -4.00. The Morgan fingerprint density at radius 3 is 2.57 bits per heavy atom. The normalized spacial score (nSPS) is 18.3. The number of primary amides is 1. The van der Waals surface area contributed by atoms with E-state index in [0.29, 0.717) is 5.75 Å². The van der Waals surface area contributed by atoms with Crippen LogP contribution in [-0.2, 0) is 21.5 Å². The summed E-state index contributed by atoms with van der Waals surface area (Å²) in [7, 11) is -4.00. The number of hydrogen-bond donors (Lipinski definition) is 2. The van der Waals surface area contributed by atoms with Crippen molar-refractivity contribution in [3.63, 3.8) is 0 Å². The number of ether oxygens (including phenoxy) is 1. The van der Waals surface area contributed by atoms with Crippen LogP contribution in [-0.4, -0.2) is 37.3 Å². The predicted molar refractivity (Wildman–Crippen MR) is 116 cm³/mol. The molecule has 3 N–H and O–H groups in total. The van der Waals surface area contributed by atoms with Crippen molar-refractivity contribution in [1.29, 1.82) is 0 Å². The van der Waals surface area contributed by atoms with Gasteiger partial charge in [-0.15, -0.1) is 0 Å². The van der Waals surface area contributed by atoms with Gasteiger partial charge in [-0.1, -0.05) is 37.3 Å². The highest BCUT2D eigenvalue weighted by Gasteiger charge is 2.38. The van der Waals surface area contributed by atoms with Gasteiger partial charge in [-0.05, 0) is 42.2 Å². The maximum absolute atomic E-state index is 11.8. The van der Waals surface area contributed by atoms with Gasteiger partial charge in [-0.2, -0.15) is 8.42 Å². The summed E-state index contributed by atoms with van der Waals surface area (Å²) in [5.74, 6) is -0.113. The Balaban J connectivity index is 1.84. The topological polar surface area (TPSA) is 110 Å². The largest absolute Gasteiger partial charge is 0.494 e. The van der Waals surface area contributed by atoms with Gasteiger partial charge in [0.05, 0.1) is 12.4 Å². The second kappa shape index (κ2) is 9.49. The van der Waals surface area contributed by atoms with Crippen LogP contribution in [0.1, 0.15) is 43.2 Å². The van der Waals surface area contributed by atoms with Crippen molar-refractivity contribution in [2.75, 3.05) is 17.3 Å². The molecule has 0 radical (unpaired) electrons. The Morgan fingerprint density at radius 2 is 1.93 bits per heavy atom. The lowest BCUT2D eigenvalue weighted by atomic mass is 9.90. The van der Waals surface area contributed by atoms with Crippen LogP contribution in [0.3, 0.4) is 0 Å². The maximum atomic E-state index is 11.8. The first kappa shape index (κ1) is 22.1. The van der Waals surface area contributed by atoms with Crippen LogP contribution in [0.2, 0.25) is 0 Å². The van der Waals surface area contributed by atoms with Gasteiger partial charge in [-0.25, -0.2) is 0 Å². The molecule has 0 bridgehead atoms. The summed E-state index contributed by atoms with van der Waals surface area (Å²) >= 11 is 0. The lowest BCUT2D eigenvalue weighted by Crippen LogP contribution is -2.34. The number of benzene rings is 2. The molecule has 7 nitrogen and oxygen atoms in total. The zero-order valence-electron chi connectivity index (χ0n) is 17.0. The quantitative estimate of drug-likeness (QED) is 0.441. The van der Waals surface area contributed by atoms with Gasteiger partial charge in [0.2, 0.25) is 5.91 Å². The van der Waals surface area contributed by atoms with Crippen LogP contribution in [0.4, 0.5) is 5.69 Å². The summed E-state index contributed by atoms with van der Waals surface area (Å²) in [6.07, 6.45) is 1.31. The smallest absolute Gasteiger partial charge is 0.264 e. The van der Waals surface area contributed by atoms with Crippen molar-refractivity contribution in [2.24, 2.45) is 5.73 Å². The molecule has 1 amide bonds. The van der Waals surface area contributed by atoms with Gasteiger partial charge in [-0.3, -0.25) is 9.35 Å². The summed E-state index contributed by atoms with van der Waals surface area (Å²) in [5, 5.41) is 0. The molecule has 162 valence electrons. The summed E-state index contributed by atoms with van der Waals surface area (Å²) in [5.41, 5.74) is 8.81. The highest BCUT2D eigenvalue weighted by atomic mass is 32.2. The second-order valence-corrected chi connectivity index (χ2v) is 9.15. The molecule has 1 aliphatic rings. The number of carbonyl (C=O) groups excluding carboxylic acids is 1. The number of nitrogens with two attached hydrogens (primary N) is 1. The molecule has 0 aliphatic carbocycles. The van der Waals surface area contributed by atoms with Crippen molar-refractivity contribution in [2.45, 2.75) is 44.7 Å². The third kappa shape index (κ3) is 5.52. The van der Waals surface area contributed by atoms with E-state index >= 15 is 0 Å². The molecule has 2 unspecified atom stereocenters. The van der Waals surface area contributed by atoms with Crippen LogP contribution in [0.25, 0.3) is 0 Å². The fourth-order valence-corrected chi connectivity index (χ4v) is 4.65. The molecule has 0 saturated carbocycles. The maximum Gasteiger partial charge on any atom is 0.264 e. The number of rotatable bonds is 10. The van der Waals surface area contributed by atoms with E-state index in [-0.39, 0.29) is 43.1 Å². The van der Waals surface area contributed by atoms with Gasteiger partial charge < -0.3 is 15.4 Å². The first-order valence-corrected chi connectivity index (χ1v) is 11.7. The van der Waals surface area contributed by atoms with Crippen molar-refractivity contribution in [3.8, 4) is 5.75 Å². The molecular formula is C22H28N2O5S. The fourth-order valence-electron chi connectivity index (χ4n) is 4.17. The average molecular weight is 433 g/mol. The van der Waals surface area contributed by atoms with E-state index in [1.54, 1.807) is 0 Å². The van der Waals surface area contributed by atoms with Gasteiger partial charge in [0.15, 0.2) is 0 Å². The van der Waals surface area contributed by atoms with Crippen LogP contribution in [0, 0.1) is 0 Å². The molecule has 2 atom stereocenters. The Hall–Kier alpha value is -2.58. The minimum Gasteiger partial charge on any atom is -0.494 e. The number of nitrogens with zero attached hydrogens (tertiary/aromatic N) is 1. The third-order valence-corrected chi connectivity index (χ3v) is 6.23. The van der Waals surface area contributed by atoms with Crippen molar-refractivity contribution in [1.82, 2.24) is 0 Å². The Labute approximate surface area is 177 Å². The van der Waals surface area contributed by atoms with Crippen molar-refractivity contribution >= 4 is 21.7 Å². The first-order valence-electron chi connectivity index (χ1n) is 10.1. The molecule has 1 heterocycles. The Bertz CT molecular complexity index is 978. The number of anilines is 1. The van der Waals surface area contributed by atoms with Crippen LogP contribution in [0.15, 0.2) is 48.5 Å². The summed E-state index contributed by atoms with van der Waals surface area (Å²) in [4.78, 5) is 14.1. The van der Waals surface area contributed by atoms with Gasteiger partial charge in [0.1, 0.15) is 5.75 Å². The summed E-state index contributed by atoms with van der Waals surface area (Å²) in [6.45, 7) is 3.01. The van der Waals surface area contributed by atoms with Gasteiger partial charge in [0, 0.05) is 30.6 Å². The zero-order valence-corrected chi connectivity index (χ0v) is 17.8. The van der Waals surface area contributed by atoms with E-state index in [2.05, 4.69) is 24.0 Å². The van der Waals surface area contributed by atoms with Crippen molar-refractivity contribution in [3.05, 3.63) is 59.7 Å². The Morgan fingerprint density at radius 1 is 1.20 bits per heavy atom. The number of carbonyl (C=O) groups is 1. The standard InChI is InChI=1S/C22H28N2O5S/c1-2-20-19(14-22(23)25)18-13-17(29-11-6-12-30(26,27)28)9-10-21(18)24(20)15-16-7-4-3-5-8-16/h3-5,7-10,13,19-20H,2,6,11-12,14-15H2,1H3,(H2,23,25)(H,26,27,28). The molecule has 0 aromatic heterocycles. The lowest BCUT2D eigenvalue weighted by molar-refractivity contribution is -0.118. The van der Waals surface area contributed by atoms with Crippen LogP contribution >= 0.6 is 0 Å². The highest BCUT2D eigenvalue weighted by Crippen LogP contribution is 2.46.